The Morgan fingerprint density at radius 1 is 1.56 bits per heavy atom. The number of rotatable bonds is 4. The second-order valence-corrected chi connectivity index (χ2v) is 4.09. The normalized spacial score (nSPS) is 14.6. The molecule has 4 heteroatoms. The molecule has 1 aromatic carbocycles. The van der Waals surface area contributed by atoms with Crippen LogP contribution in [0.1, 0.15) is 23.2 Å². The molecule has 0 unspecified atom stereocenters. The third kappa shape index (κ3) is 2.27. The molecule has 1 saturated carbocycles. The topological polar surface area (TPSA) is 64.3 Å². The number of hydrogen-bond acceptors (Lipinski definition) is 4. The van der Waals surface area contributed by atoms with Gasteiger partial charge in [0.15, 0.2) is 0 Å². The van der Waals surface area contributed by atoms with Crippen LogP contribution in [0.2, 0.25) is 0 Å². The lowest BCUT2D eigenvalue weighted by molar-refractivity contribution is 0.0602. The predicted molar refractivity (Wildman–Crippen MR) is 63.4 cm³/mol. The van der Waals surface area contributed by atoms with E-state index >= 15 is 0 Å². The molecule has 0 bridgehead atoms. The van der Waals surface area contributed by atoms with Crippen molar-refractivity contribution in [3.8, 4) is 0 Å². The monoisotopic (exact) mass is 220 g/mol. The molecule has 16 heavy (non-hydrogen) atoms. The standard InChI is InChI=1S/C12H16N2O2/c1-16-12(15)9-3-2-4-10(13)11(9)14-7-8-5-6-8/h2-4,8,14H,5-7,13H2,1H3. The summed E-state index contributed by atoms with van der Waals surface area (Å²) in [4.78, 5) is 11.5. The van der Waals surface area contributed by atoms with Crippen LogP contribution in [0.4, 0.5) is 11.4 Å². The molecule has 0 aliphatic heterocycles. The number of anilines is 2. The predicted octanol–water partition coefficient (Wildman–Crippen LogP) is 1.88. The second kappa shape index (κ2) is 4.43. The van der Waals surface area contributed by atoms with E-state index in [4.69, 9.17) is 10.5 Å². The zero-order chi connectivity index (χ0) is 11.5. The number of para-hydroxylation sites is 1. The highest BCUT2D eigenvalue weighted by molar-refractivity contribution is 5.98. The van der Waals surface area contributed by atoms with Crippen molar-refractivity contribution in [1.29, 1.82) is 0 Å². The Bertz CT molecular complexity index is 400. The average molecular weight is 220 g/mol. The smallest absolute Gasteiger partial charge is 0.340 e. The van der Waals surface area contributed by atoms with Crippen LogP contribution < -0.4 is 11.1 Å². The lowest BCUT2D eigenvalue weighted by Gasteiger charge is -2.12. The largest absolute Gasteiger partial charge is 0.465 e. The number of carbonyl (C=O) groups excluding carboxylic acids is 1. The van der Waals surface area contributed by atoms with Crippen LogP contribution in [0.25, 0.3) is 0 Å². The van der Waals surface area contributed by atoms with Gasteiger partial charge in [0.2, 0.25) is 0 Å². The molecule has 0 atom stereocenters. The Hall–Kier alpha value is -1.71. The molecule has 1 aliphatic carbocycles. The van der Waals surface area contributed by atoms with E-state index in [1.807, 2.05) is 0 Å². The van der Waals surface area contributed by atoms with E-state index in [-0.39, 0.29) is 5.97 Å². The van der Waals surface area contributed by atoms with Crippen molar-refractivity contribution in [2.75, 3.05) is 24.7 Å². The Morgan fingerprint density at radius 3 is 2.94 bits per heavy atom. The van der Waals surface area contributed by atoms with Crippen molar-refractivity contribution >= 4 is 17.3 Å². The number of esters is 1. The number of hydrogen-bond donors (Lipinski definition) is 2. The fourth-order valence-corrected chi connectivity index (χ4v) is 1.62. The summed E-state index contributed by atoms with van der Waals surface area (Å²) in [5.74, 6) is 0.371. The van der Waals surface area contributed by atoms with E-state index in [2.05, 4.69) is 5.32 Å². The van der Waals surface area contributed by atoms with Gasteiger partial charge in [-0.05, 0) is 30.9 Å². The van der Waals surface area contributed by atoms with Crippen LogP contribution in [-0.2, 0) is 4.74 Å². The van der Waals surface area contributed by atoms with E-state index in [0.29, 0.717) is 16.9 Å². The SMILES string of the molecule is COC(=O)c1cccc(N)c1NCC1CC1. The van der Waals surface area contributed by atoms with Gasteiger partial charge < -0.3 is 15.8 Å². The van der Waals surface area contributed by atoms with Crippen molar-refractivity contribution < 1.29 is 9.53 Å². The molecule has 0 heterocycles. The average Bonchev–Trinajstić information content (AvgIpc) is 3.10. The number of benzene rings is 1. The third-order valence-electron chi connectivity index (χ3n) is 2.77. The molecule has 0 radical (unpaired) electrons. The fourth-order valence-electron chi connectivity index (χ4n) is 1.62. The number of nitrogens with two attached hydrogens (primary N) is 1. The van der Waals surface area contributed by atoms with Gasteiger partial charge in [-0.15, -0.1) is 0 Å². The van der Waals surface area contributed by atoms with Gasteiger partial charge in [0.1, 0.15) is 0 Å². The van der Waals surface area contributed by atoms with E-state index < -0.39 is 0 Å². The molecule has 1 aliphatic rings. The Morgan fingerprint density at radius 2 is 2.31 bits per heavy atom. The van der Waals surface area contributed by atoms with Gasteiger partial charge in [-0.25, -0.2) is 4.79 Å². The van der Waals surface area contributed by atoms with Crippen LogP contribution in [0.5, 0.6) is 0 Å². The second-order valence-electron chi connectivity index (χ2n) is 4.09. The highest BCUT2D eigenvalue weighted by Gasteiger charge is 2.22. The number of ether oxygens (including phenoxy) is 1. The molecule has 4 nitrogen and oxygen atoms in total. The van der Waals surface area contributed by atoms with Crippen LogP contribution in [0, 0.1) is 5.92 Å². The molecule has 86 valence electrons. The summed E-state index contributed by atoms with van der Waals surface area (Å²) in [5, 5.41) is 3.23. The first-order valence-electron chi connectivity index (χ1n) is 5.43. The van der Waals surface area contributed by atoms with Crippen molar-refractivity contribution in [3.63, 3.8) is 0 Å². The maximum Gasteiger partial charge on any atom is 0.340 e. The number of nitrogens with one attached hydrogen (secondary N) is 1. The van der Waals surface area contributed by atoms with Gasteiger partial charge in [-0.3, -0.25) is 0 Å². The van der Waals surface area contributed by atoms with Gasteiger partial charge >= 0.3 is 5.97 Å². The zero-order valence-corrected chi connectivity index (χ0v) is 9.32. The van der Waals surface area contributed by atoms with Gasteiger partial charge in [0.25, 0.3) is 0 Å². The molecule has 2 rings (SSSR count). The first-order chi connectivity index (χ1) is 7.72. The molecular formula is C12H16N2O2. The Labute approximate surface area is 94.8 Å². The molecule has 0 aromatic heterocycles. The summed E-state index contributed by atoms with van der Waals surface area (Å²) in [6.45, 7) is 0.873. The first kappa shape index (κ1) is 10.8. The van der Waals surface area contributed by atoms with Crippen molar-refractivity contribution in [2.24, 2.45) is 5.92 Å². The fraction of sp³-hybridized carbons (Fsp3) is 0.417. The minimum atomic E-state index is -0.356. The molecule has 0 amide bonds. The number of methoxy groups -OCH3 is 1. The highest BCUT2D eigenvalue weighted by atomic mass is 16.5. The van der Waals surface area contributed by atoms with Crippen molar-refractivity contribution in [2.45, 2.75) is 12.8 Å². The van der Waals surface area contributed by atoms with Gasteiger partial charge in [-0.2, -0.15) is 0 Å². The molecular weight excluding hydrogens is 204 g/mol. The van der Waals surface area contributed by atoms with E-state index in [1.54, 1.807) is 18.2 Å². The molecule has 3 N–H and O–H groups in total. The lowest BCUT2D eigenvalue weighted by atomic mass is 10.1. The van der Waals surface area contributed by atoms with E-state index in [0.717, 1.165) is 12.5 Å². The minimum Gasteiger partial charge on any atom is -0.465 e. The van der Waals surface area contributed by atoms with Gasteiger partial charge in [0.05, 0.1) is 24.0 Å². The first-order valence-corrected chi connectivity index (χ1v) is 5.43. The van der Waals surface area contributed by atoms with Crippen LogP contribution in [0.3, 0.4) is 0 Å². The van der Waals surface area contributed by atoms with E-state index in [9.17, 15) is 4.79 Å². The summed E-state index contributed by atoms with van der Waals surface area (Å²) >= 11 is 0. The molecule has 1 aromatic rings. The molecule has 0 saturated heterocycles. The summed E-state index contributed by atoms with van der Waals surface area (Å²) in [5.41, 5.74) is 7.64. The summed E-state index contributed by atoms with van der Waals surface area (Å²) in [6.07, 6.45) is 2.51. The summed E-state index contributed by atoms with van der Waals surface area (Å²) < 4.78 is 4.72. The quantitative estimate of drug-likeness (QED) is 0.600. The van der Waals surface area contributed by atoms with Gasteiger partial charge in [-0.1, -0.05) is 6.07 Å². The van der Waals surface area contributed by atoms with Gasteiger partial charge in [0, 0.05) is 6.54 Å². The number of carbonyl (C=O) groups is 1. The zero-order valence-electron chi connectivity index (χ0n) is 9.32. The maximum atomic E-state index is 11.5. The van der Waals surface area contributed by atoms with E-state index in [1.165, 1.54) is 20.0 Å². The number of nitrogen functional groups attached to an aromatic ring is 1. The van der Waals surface area contributed by atoms with Crippen molar-refractivity contribution in [3.05, 3.63) is 23.8 Å². The van der Waals surface area contributed by atoms with Crippen LogP contribution >= 0.6 is 0 Å². The third-order valence-corrected chi connectivity index (χ3v) is 2.77. The Kier molecular flexibility index (Phi) is 2.99. The van der Waals surface area contributed by atoms with Crippen molar-refractivity contribution in [1.82, 2.24) is 0 Å². The Balaban J connectivity index is 2.20. The lowest BCUT2D eigenvalue weighted by Crippen LogP contribution is -2.12. The minimum absolute atomic E-state index is 0.356. The van der Waals surface area contributed by atoms with Crippen LogP contribution in [-0.4, -0.2) is 19.6 Å². The van der Waals surface area contributed by atoms with Crippen LogP contribution in [0.15, 0.2) is 18.2 Å². The summed E-state index contributed by atoms with van der Waals surface area (Å²) in [6, 6.07) is 5.25. The molecule has 1 fully saturated rings. The molecule has 0 spiro atoms. The maximum absolute atomic E-state index is 11.5. The highest BCUT2D eigenvalue weighted by Crippen LogP contribution is 2.31. The summed E-state index contributed by atoms with van der Waals surface area (Å²) in [7, 11) is 1.37.